The molecule has 0 bridgehead atoms. The number of esters is 1. The van der Waals surface area contributed by atoms with Crippen molar-refractivity contribution < 1.29 is 14.3 Å². The molecule has 0 spiro atoms. The molecule has 1 aromatic rings. The zero-order chi connectivity index (χ0) is 15.1. The third-order valence-corrected chi connectivity index (χ3v) is 2.92. The Bertz CT molecular complexity index is 523. The summed E-state index contributed by atoms with van der Waals surface area (Å²) in [5, 5.41) is 7.24. The number of carbonyl (C=O) groups excluding carboxylic acids is 2. The van der Waals surface area contributed by atoms with Crippen molar-refractivity contribution >= 4 is 23.5 Å². The molecule has 0 aromatic carbocycles. The first-order chi connectivity index (χ1) is 9.43. The van der Waals surface area contributed by atoms with Crippen LogP contribution in [0, 0.1) is 6.92 Å². The van der Waals surface area contributed by atoms with Crippen molar-refractivity contribution in [1.29, 1.82) is 0 Å². The van der Waals surface area contributed by atoms with Crippen LogP contribution < -0.4 is 5.32 Å². The summed E-state index contributed by atoms with van der Waals surface area (Å²) in [4.78, 5) is 22.9. The Morgan fingerprint density at radius 1 is 1.55 bits per heavy atom. The predicted octanol–water partition coefficient (Wildman–Crippen LogP) is 1.82. The maximum Gasteiger partial charge on any atom is 0.332 e. The topological polar surface area (TPSA) is 73.2 Å². The van der Waals surface area contributed by atoms with Gasteiger partial charge in [0.15, 0.2) is 0 Å². The van der Waals surface area contributed by atoms with Crippen LogP contribution in [0.4, 0.5) is 0 Å². The number of ether oxygens (including phenoxy) is 1. The molecule has 1 amide bonds. The lowest BCUT2D eigenvalue weighted by Gasteiger charge is -2.07. The number of amides is 1. The Kier molecular flexibility index (Phi) is 6.24. The molecule has 1 rings (SSSR count). The summed E-state index contributed by atoms with van der Waals surface area (Å²) in [5.74, 6) is -0.672. The number of rotatable bonds is 6. The van der Waals surface area contributed by atoms with Gasteiger partial charge in [0.25, 0.3) is 0 Å². The predicted molar refractivity (Wildman–Crippen MR) is 75.1 cm³/mol. The van der Waals surface area contributed by atoms with Crippen LogP contribution in [0.2, 0.25) is 5.02 Å². The molecular formula is C13H18ClN3O3. The van der Waals surface area contributed by atoms with Crippen LogP contribution in [-0.4, -0.2) is 28.3 Å². The molecule has 6 nitrogen and oxygen atoms in total. The summed E-state index contributed by atoms with van der Waals surface area (Å²) in [6.07, 6.45) is 3.03. The minimum Gasteiger partial charge on any atom is -0.463 e. The molecule has 1 aromatic heterocycles. The van der Waals surface area contributed by atoms with Crippen molar-refractivity contribution in [3.63, 3.8) is 0 Å². The molecule has 7 heteroatoms. The molecule has 0 atom stereocenters. The van der Waals surface area contributed by atoms with Crippen LogP contribution in [0.15, 0.2) is 18.0 Å². The third-order valence-electron chi connectivity index (χ3n) is 2.55. The second kappa shape index (κ2) is 7.69. The Hall–Kier alpha value is -1.82. The van der Waals surface area contributed by atoms with E-state index in [4.69, 9.17) is 16.3 Å². The summed E-state index contributed by atoms with van der Waals surface area (Å²) in [6.45, 7) is 5.91. The van der Waals surface area contributed by atoms with Gasteiger partial charge in [-0.15, -0.1) is 0 Å². The summed E-state index contributed by atoms with van der Waals surface area (Å²) in [6, 6.07) is 0. The minimum atomic E-state index is -0.472. The lowest BCUT2D eigenvalue weighted by atomic mass is 10.3. The molecule has 0 aliphatic carbocycles. The van der Waals surface area contributed by atoms with Gasteiger partial charge in [-0.2, -0.15) is 5.10 Å². The molecule has 0 radical (unpaired) electrons. The second-order valence-electron chi connectivity index (χ2n) is 4.18. The van der Waals surface area contributed by atoms with Crippen LogP contribution >= 0.6 is 11.6 Å². The van der Waals surface area contributed by atoms with E-state index in [0.717, 1.165) is 5.69 Å². The van der Waals surface area contributed by atoms with E-state index in [-0.39, 0.29) is 12.3 Å². The summed E-state index contributed by atoms with van der Waals surface area (Å²) < 4.78 is 6.41. The number of nitrogens with zero attached hydrogens (tertiary/aromatic N) is 2. The highest BCUT2D eigenvalue weighted by molar-refractivity contribution is 6.31. The number of hydrogen-bond acceptors (Lipinski definition) is 4. The quantitative estimate of drug-likeness (QED) is 0.642. The van der Waals surface area contributed by atoms with E-state index in [2.05, 4.69) is 10.4 Å². The van der Waals surface area contributed by atoms with Gasteiger partial charge in [0, 0.05) is 18.2 Å². The van der Waals surface area contributed by atoms with Gasteiger partial charge in [-0.25, -0.2) is 4.79 Å². The SMILES string of the molecule is CCOC(=O)/C=C(\C)NC(=O)CCn1ncc(Cl)c1C. The van der Waals surface area contributed by atoms with Crippen molar-refractivity contribution in [2.24, 2.45) is 0 Å². The fourth-order valence-electron chi connectivity index (χ4n) is 1.54. The standard InChI is InChI=1S/C13H18ClN3O3/c1-4-20-13(19)7-9(2)16-12(18)5-6-17-10(3)11(14)8-15-17/h7-8H,4-6H2,1-3H3,(H,16,18)/b9-7+. The summed E-state index contributed by atoms with van der Waals surface area (Å²) >= 11 is 5.87. The highest BCUT2D eigenvalue weighted by Crippen LogP contribution is 2.13. The van der Waals surface area contributed by atoms with Gasteiger partial charge < -0.3 is 10.1 Å². The first-order valence-corrected chi connectivity index (χ1v) is 6.64. The van der Waals surface area contributed by atoms with Crippen molar-refractivity contribution in [2.45, 2.75) is 33.7 Å². The number of halogens is 1. The largest absolute Gasteiger partial charge is 0.463 e. The average Bonchev–Trinajstić information content (AvgIpc) is 2.67. The molecule has 0 fully saturated rings. The molecule has 0 aliphatic heterocycles. The Morgan fingerprint density at radius 2 is 2.25 bits per heavy atom. The monoisotopic (exact) mass is 299 g/mol. The van der Waals surface area contributed by atoms with Gasteiger partial charge >= 0.3 is 5.97 Å². The molecule has 0 saturated carbocycles. The van der Waals surface area contributed by atoms with E-state index in [9.17, 15) is 9.59 Å². The van der Waals surface area contributed by atoms with Crippen LogP contribution in [0.25, 0.3) is 0 Å². The fourth-order valence-corrected chi connectivity index (χ4v) is 1.68. The molecule has 0 aliphatic rings. The number of allylic oxidation sites excluding steroid dienone is 1. The highest BCUT2D eigenvalue weighted by Gasteiger charge is 2.07. The smallest absolute Gasteiger partial charge is 0.332 e. The zero-order valence-corrected chi connectivity index (χ0v) is 12.5. The number of carbonyl (C=O) groups is 2. The van der Waals surface area contributed by atoms with Crippen LogP contribution in [-0.2, 0) is 20.9 Å². The summed E-state index contributed by atoms with van der Waals surface area (Å²) in [7, 11) is 0. The molecule has 0 unspecified atom stereocenters. The van der Waals surface area contributed by atoms with Crippen molar-refractivity contribution in [2.75, 3.05) is 6.61 Å². The molecule has 0 saturated heterocycles. The number of aromatic nitrogens is 2. The van der Waals surface area contributed by atoms with Gasteiger partial charge in [-0.3, -0.25) is 9.48 Å². The number of nitrogens with one attached hydrogen (secondary N) is 1. The highest BCUT2D eigenvalue weighted by atomic mass is 35.5. The molecular weight excluding hydrogens is 282 g/mol. The Balaban J connectivity index is 2.44. The lowest BCUT2D eigenvalue weighted by Crippen LogP contribution is -2.23. The normalized spacial score (nSPS) is 11.3. The van der Waals surface area contributed by atoms with Crippen LogP contribution in [0.5, 0.6) is 0 Å². The number of hydrogen-bond donors (Lipinski definition) is 1. The van der Waals surface area contributed by atoms with Gasteiger partial charge in [0.05, 0.1) is 30.1 Å². The van der Waals surface area contributed by atoms with Crippen molar-refractivity contribution in [3.8, 4) is 0 Å². The lowest BCUT2D eigenvalue weighted by molar-refractivity contribution is -0.137. The van der Waals surface area contributed by atoms with Gasteiger partial charge in [0.2, 0.25) is 5.91 Å². The van der Waals surface area contributed by atoms with Crippen LogP contribution in [0.3, 0.4) is 0 Å². The van der Waals surface area contributed by atoms with E-state index in [1.807, 2.05) is 6.92 Å². The van der Waals surface area contributed by atoms with Crippen molar-refractivity contribution in [1.82, 2.24) is 15.1 Å². The Morgan fingerprint density at radius 3 is 2.80 bits per heavy atom. The van der Waals surface area contributed by atoms with Gasteiger partial charge in [-0.1, -0.05) is 11.6 Å². The van der Waals surface area contributed by atoms with E-state index < -0.39 is 5.97 Å². The van der Waals surface area contributed by atoms with Crippen LogP contribution in [0.1, 0.15) is 26.0 Å². The van der Waals surface area contributed by atoms with E-state index in [1.54, 1.807) is 24.7 Å². The molecule has 20 heavy (non-hydrogen) atoms. The first kappa shape index (κ1) is 16.2. The van der Waals surface area contributed by atoms with Gasteiger partial charge in [0.1, 0.15) is 0 Å². The third kappa shape index (κ3) is 5.05. The van der Waals surface area contributed by atoms with Crippen molar-refractivity contribution in [3.05, 3.63) is 28.7 Å². The molecule has 110 valence electrons. The summed E-state index contributed by atoms with van der Waals surface area (Å²) in [5.41, 5.74) is 1.27. The average molecular weight is 300 g/mol. The number of aryl methyl sites for hydroxylation is 1. The molecule has 1 N–H and O–H groups in total. The maximum atomic E-state index is 11.7. The molecule has 1 heterocycles. The maximum absolute atomic E-state index is 11.7. The first-order valence-electron chi connectivity index (χ1n) is 6.26. The van der Waals surface area contributed by atoms with Gasteiger partial charge in [-0.05, 0) is 20.8 Å². The van der Waals surface area contributed by atoms with E-state index >= 15 is 0 Å². The Labute approximate surface area is 122 Å². The zero-order valence-electron chi connectivity index (χ0n) is 11.8. The van der Waals surface area contributed by atoms with E-state index in [1.165, 1.54) is 6.08 Å². The van der Waals surface area contributed by atoms with E-state index in [0.29, 0.717) is 23.9 Å². The second-order valence-corrected chi connectivity index (χ2v) is 4.59. The minimum absolute atomic E-state index is 0.200. The fraction of sp³-hybridized carbons (Fsp3) is 0.462.